The van der Waals surface area contributed by atoms with Crippen molar-refractivity contribution in [3.63, 3.8) is 0 Å². The van der Waals surface area contributed by atoms with Crippen molar-refractivity contribution in [2.45, 2.75) is 10.9 Å². The zero-order valence-corrected chi connectivity index (χ0v) is 15.9. The quantitative estimate of drug-likeness (QED) is 0.588. The van der Waals surface area contributed by atoms with Crippen molar-refractivity contribution >= 4 is 27.5 Å². The summed E-state index contributed by atoms with van der Waals surface area (Å²) in [5, 5.41) is 0. The van der Waals surface area contributed by atoms with Crippen LogP contribution in [0.25, 0.3) is 0 Å². The molecule has 27 heavy (non-hydrogen) atoms. The lowest BCUT2D eigenvalue weighted by Gasteiger charge is -2.31. The molecule has 0 spiro atoms. The molecule has 3 rings (SSSR count). The lowest BCUT2D eigenvalue weighted by atomic mass is 9.95. The molecule has 0 saturated carbocycles. The minimum atomic E-state index is -3.98. The van der Waals surface area contributed by atoms with Gasteiger partial charge >= 0.3 is 0 Å². The Labute approximate surface area is 157 Å². The predicted octanol–water partition coefficient (Wildman–Crippen LogP) is 1.46. The Hall–Kier alpha value is -2.84. The van der Waals surface area contributed by atoms with Crippen LogP contribution in [-0.2, 0) is 10.0 Å². The molecule has 0 radical (unpaired) electrons. The molecule has 1 unspecified atom stereocenters. The van der Waals surface area contributed by atoms with Gasteiger partial charge in [0.25, 0.3) is 5.91 Å². The third-order valence-corrected chi connectivity index (χ3v) is 6.35. The Balaban J connectivity index is 2.07. The Morgan fingerprint density at radius 2 is 1.63 bits per heavy atom. The van der Waals surface area contributed by atoms with Crippen LogP contribution < -0.4 is 0 Å². The molecule has 1 amide bonds. The molecule has 0 saturated heterocycles. The third kappa shape index (κ3) is 3.07. The number of rotatable bonds is 3. The van der Waals surface area contributed by atoms with E-state index in [0.717, 1.165) is 4.31 Å². The van der Waals surface area contributed by atoms with Crippen molar-refractivity contribution in [1.82, 2.24) is 9.21 Å². The Morgan fingerprint density at radius 1 is 1.00 bits per heavy atom. The number of amides is 1. The minimum absolute atomic E-state index is 0.00512. The van der Waals surface area contributed by atoms with Crippen LogP contribution in [0.1, 0.15) is 31.1 Å². The fourth-order valence-electron chi connectivity index (χ4n) is 3.01. The first-order chi connectivity index (χ1) is 12.7. The van der Waals surface area contributed by atoms with Crippen molar-refractivity contribution in [2.75, 3.05) is 21.1 Å². The van der Waals surface area contributed by atoms with Crippen LogP contribution in [0.2, 0.25) is 0 Å². The summed E-state index contributed by atoms with van der Waals surface area (Å²) in [4.78, 5) is 39.2. The minimum Gasteiger partial charge on any atom is -0.345 e. The first-order valence-corrected chi connectivity index (χ1v) is 9.57. The second-order valence-corrected chi connectivity index (χ2v) is 8.39. The lowest BCUT2D eigenvalue weighted by Crippen LogP contribution is -2.51. The summed E-state index contributed by atoms with van der Waals surface area (Å²) < 4.78 is 26.2. The number of nitrogens with zero attached hydrogens (tertiary/aromatic N) is 2. The summed E-state index contributed by atoms with van der Waals surface area (Å²) in [6.07, 6.45) is 0. The molecule has 2 aromatic carbocycles. The number of Topliss-reactive ketones (excluding diaryl/α,β-unsaturated/α-hetero) is 2. The van der Waals surface area contributed by atoms with E-state index in [-0.39, 0.29) is 27.5 Å². The molecule has 0 N–H and O–H groups in total. The van der Waals surface area contributed by atoms with E-state index in [2.05, 4.69) is 0 Å². The second kappa shape index (κ2) is 6.71. The van der Waals surface area contributed by atoms with E-state index >= 15 is 0 Å². The Bertz CT molecular complexity index is 1060. The monoisotopic (exact) mass is 386 g/mol. The van der Waals surface area contributed by atoms with Crippen molar-refractivity contribution < 1.29 is 22.8 Å². The highest BCUT2D eigenvalue weighted by atomic mass is 32.2. The van der Waals surface area contributed by atoms with Gasteiger partial charge in [0.15, 0.2) is 17.6 Å². The zero-order valence-electron chi connectivity index (χ0n) is 15.0. The number of carbonyl (C=O) groups is 3. The van der Waals surface area contributed by atoms with Gasteiger partial charge in [-0.1, -0.05) is 24.3 Å². The molecule has 2 aromatic rings. The van der Waals surface area contributed by atoms with E-state index in [4.69, 9.17) is 0 Å². The standard InChI is InChI=1S/C19H18N2O5S/c1-20(2)19(24)13-8-6-7-12(11-13)17(22)16-18(23)14-9-4-5-10-15(14)27(25,26)21(16)3/h4-11,16H,1-3H3. The zero-order chi connectivity index (χ0) is 19.9. The van der Waals surface area contributed by atoms with Crippen LogP contribution in [0.15, 0.2) is 53.4 Å². The maximum Gasteiger partial charge on any atom is 0.253 e. The number of benzene rings is 2. The molecule has 1 heterocycles. The first kappa shape index (κ1) is 18.9. The van der Waals surface area contributed by atoms with Crippen LogP contribution in [-0.4, -0.2) is 62.3 Å². The molecule has 0 aromatic heterocycles. The first-order valence-electron chi connectivity index (χ1n) is 8.13. The van der Waals surface area contributed by atoms with E-state index < -0.39 is 27.6 Å². The predicted molar refractivity (Wildman–Crippen MR) is 98.3 cm³/mol. The summed E-state index contributed by atoms with van der Waals surface area (Å²) in [5.41, 5.74) is 0.372. The van der Waals surface area contributed by atoms with Gasteiger partial charge in [-0.05, 0) is 24.3 Å². The highest BCUT2D eigenvalue weighted by molar-refractivity contribution is 7.89. The summed E-state index contributed by atoms with van der Waals surface area (Å²) >= 11 is 0. The van der Waals surface area contributed by atoms with Crippen molar-refractivity contribution in [1.29, 1.82) is 0 Å². The van der Waals surface area contributed by atoms with Crippen LogP contribution >= 0.6 is 0 Å². The van der Waals surface area contributed by atoms with Crippen LogP contribution in [0.4, 0.5) is 0 Å². The molecular weight excluding hydrogens is 368 g/mol. The Kier molecular flexibility index (Phi) is 4.71. The van der Waals surface area contributed by atoms with Gasteiger partial charge in [-0.25, -0.2) is 8.42 Å². The fraction of sp³-hybridized carbons (Fsp3) is 0.211. The SMILES string of the molecule is CN(C)C(=O)c1cccc(C(=O)C2C(=O)c3ccccc3S(=O)(=O)N2C)c1. The van der Waals surface area contributed by atoms with Gasteiger partial charge in [0, 0.05) is 37.8 Å². The van der Waals surface area contributed by atoms with Gasteiger partial charge in [-0.3, -0.25) is 14.4 Å². The van der Waals surface area contributed by atoms with Gasteiger partial charge in [-0.2, -0.15) is 4.31 Å². The fourth-order valence-corrected chi connectivity index (χ4v) is 4.48. The van der Waals surface area contributed by atoms with E-state index in [9.17, 15) is 22.8 Å². The molecule has 0 bridgehead atoms. The smallest absolute Gasteiger partial charge is 0.253 e. The molecule has 1 aliphatic heterocycles. The van der Waals surface area contributed by atoms with Crippen molar-refractivity contribution in [3.8, 4) is 0 Å². The molecule has 140 valence electrons. The summed E-state index contributed by atoms with van der Waals surface area (Å²) in [6, 6.07) is 10.2. The number of fused-ring (bicyclic) bond motifs is 1. The van der Waals surface area contributed by atoms with E-state index in [1.807, 2.05) is 0 Å². The lowest BCUT2D eigenvalue weighted by molar-refractivity contribution is 0.0784. The van der Waals surface area contributed by atoms with Gasteiger partial charge in [0.2, 0.25) is 10.0 Å². The number of hydrogen-bond acceptors (Lipinski definition) is 5. The number of ketones is 2. The van der Waals surface area contributed by atoms with E-state index in [0.29, 0.717) is 0 Å². The van der Waals surface area contributed by atoms with Crippen LogP contribution in [0.3, 0.4) is 0 Å². The molecule has 8 heteroatoms. The normalized spacial score (nSPS) is 18.6. The molecule has 1 atom stereocenters. The Morgan fingerprint density at radius 3 is 2.30 bits per heavy atom. The van der Waals surface area contributed by atoms with Gasteiger partial charge < -0.3 is 4.90 Å². The maximum absolute atomic E-state index is 13.0. The maximum atomic E-state index is 13.0. The van der Waals surface area contributed by atoms with Crippen LogP contribution in [0, 0.1) is 0 Å². The molecule has 1 aliphatic rings. The number of likely N-dealkylation sites (N-methyl/N-ethyl adjacent to an activating group) is 1. The topological polar surface area (TPSA) is 91.8 Å². The van der Waals surface area contributed by atoms with Crippen molar-refractivity contribution in [3.05, 3.63) is 65.2 Å². The highest BCUT2D eigenvalue weighted by Crippen LogP contribution is 2.30. The molecule has 0 fully saturated rings. The molecular formula is C19H18N2O5S. The third-order valence-electron chi connectivity index (χ3n) is 4.47. The van der Waals surface area contributed by atoms with E-state index in [1.165, 1.54) is 48.3 Å². The average Bonchev–Trinajstić information content (AvgIpc) is 2.66. The molecule has 0 aliphatic carbocycles. The van der Waals surface area contributed by atoms with Crippen molar-refractivity contribution in [2.24, 2.45) is 0 Å². The number of sulfonamides is 1. The van der Waals surface area contributed by atoms with Gasteiger partial charge in [0.05, 0.1) is 4.90 Å². The summed E-state index contributed by atoms with van der Waals surface area (Å²) in [6.45, 7) is 0. The van der Waals surface area contributed by atoms with E-state index in [1.54, 1.807) is 26.2 Å². The summed E-state index contributed by atoms with van der Waals surface area (Å²) in [7, 11) is 0.394. The highest BCUT2D eigenvalue weighted by Gasteiger charge is 2.45. The molecule has 7 nitrogen and oxygen atoms in total. The largest absolute Gasteiger partial charge is 0.345 e. The average molecular weight is 386 g/mol. The van der Waals surface area contributed by atoms with Gasteiger partial charge in [0.1, 0.15) is 0 Å². The van der Waals surface area contributed by atoms with Gasteiger partial charge in [-0.15, -0.1) is 0 Å². The summed E-state index contributed by atoms with van der Waals surface area (Å²) in [5.74, 6) is -1.56. The van der Waals surface area contributed by atoms with Crippen LogP contribution in [0.5, 0.6) is 0 Å². The number of hydrogen-bond donors (Lipinski definition) is 0. The second-order valence-electron chi connectivity index (χ2n) is 6.43. The number of carbonyl (C=O) groups excluding carboxylic acids is 3.